The molecule has 0 aliphatic heterocycles. The summed E-state index contributed by atoms with van der Waals surface area (Å²) < 4.78 is 0. The fraction of sp³-hybridized carbons (Fsp3) is 0.312. The summed E-state index contributed by atoms with van der Waals surface area (Å²) in [5, 5.41) is 3.78. The summed E-state index contributed by atoms with van der Waals surface area (Å²) in [6, 6.07) is 12.4. The zero-order chi connectivity index (χ0) is 14.5. The number of benzene rings is 1. The van der Waals surface area contributed by atoms with E-state index in [2.05, 4.69) is 46.4 Å². The molecule has 3 nitrogen and oxygen atoms in total. The van der Waals surface area contributed by atoms with Gasteiger partial charge in [0.1, 0.15) is 5.82 Å². The molecule has 1 aromatic carbocycles. The molecular weight excluding hydrogens is 270 g/mol. The highest BCUT2D eigenvalue weighted by molar-refractivity contribution is 6.31. The van der Waals surface area contributed by atoms with E-state index >= 15 is 0 Å². The highest BCUT2D eigenvalue weighted by Gasteiger charge is 2.07. The van der Waals surface area contributed by atoms with E-state index in [4.69, 9.17) is 11.6 Å². The molecule has 4 heteroatoms. The van der Waals surface area contributed by atoms with Crippen molar-refractivity contribution in [3.63, 3.8) is 0 Å². The summed E-state index contributed by atoms with van der Waals surface area (Å²) in [5.74, 6) is 0.931. The van der Waals surface area contributed by atoms with Gasteiger partial charge >= 0.3 is 0 Å². The standard InChI is InChI=1S/C16H20ClN3/c1-12-4-6-13(7-5-12)11-20(3)16-9-8-14(17)15(19-16)10-18-2/h4-9,18H,10-11H2,1-3H3. The van der Waals surface area contributed by atoms with Gasteiger partial charge in [0.15, 0.2) is 0 Å². The van der Waals surface area contributed by atoms with Crippen molar-refractivity contribution in [3.8, 4) is 0 Å². The molecule has 0 aliphatic carbocycles. The maximum atomic E-state index is 6.14. The van der Waals surface area contributed by atoms with Crippen LogP contribution in [0.3, 0.4) is 0 Å². The Morgan fingerprint density at radius 2 is 1.85 bits per heavy atom. The summed E-state index contributed by atoms with van der Waals surface area (Å²) in [5.41, 5.74) is 3.42. The third-order valence-electron chi connectivity index (χ3n) is 3.18. The van der Waals surface area contributed by atoms with E-state index in [0.29, 0.717) is 11.6 Å². The lowest BCUT2D eigenvalue weighted by Crippen LogP contribution is -2.19. The van der Waals surface area contributed by atoms with Gasteiger partial charge in [-0.25, -0.2) is 4.98 Å². The molecule has 20 heavy (non-hydrogen) atoms. The lowest BCUT2D eigenvalue weighted by Gasteiger charge is -2.19. The Hall–Kier alpha value is -1.58. The Morgan fingerprint density at radius 3 is 2.50 bits per heavy atom. The number of hydrogen-bond donors (Lipinski definition) is 1. The third kappa shape index (κ3) is 3.71. The summed E-state index contributed by atoms with van der Waals surface area (Å²) in [6.45, 7) is 3.59. The van der Waals surface area contributed by atoms with Crippen LogP contribution in [0.25, 0.3) is 0 Å². The van der Waals surface area contributed by atoms with Gasteiger partial charge in [-0.15, -0.1) is 0 Å². The van der Waals surface area contributed by atoms with Crippen molar-refractivity contribution in [1.82, 2.24) is 10.3 Å². The van der Waals surface area contributed by atoms with Crippen molar-refractivity contribution in [1.29, 1.82) is 0 Å². The van der Waals surface area contributed by atoms with E-state index in [1.54, 1.807) is 0 Å². The molecule has 0 atom stereocenters. The van der Waals surface area contributed by atoms with Crippen molar-refractivity contribution in [2.75, 3.05) is 19.0 Å². The van der Waals surface area contributed by atoms with E-state index in [-0.39, 0.29) is 0 Å². The van der Waals surface area contributed by atoms with E-state index < -0.39 is 0 Å². The quantitative estimate of drug-likeness (QED) is 0.914. The predicted octanol–water partition coefficient (Wildman–Crippen LogP) is 3.40. The second kappa shape index (κ2) is 6.73. The first-order valence-corrected chi connectivity index (χ1v) is 7.04. The van der Waals surface area contributed by atoms with Crippen LogP contribution in [-0.4, -0.2) is 19.1 Å². The van der Waals surface area contributed by atoms with E-state index in [0.717, 1.165) is 18.1 Å². The first-order chi connectivity index (χ1) is 9.60. The van der Waals surface area contributed by atoms with E-state index in [9.17, 15) is 0 Å². The van der Waals surface area contributed by atoms with Crippen LogP contribution >= 0.6 is 11.6 Å². The molecule has 0 saturated carbocycles. The Labute approximate surface area is 125 Å². The fourth-order valence-corrected chi connectivity index (χ4v) is 2.20. The Kier molecular flexibility index (Phi) is 4.99. The second-order valence-electron chi connectivity index (χ2n) is 4.97. The van der Waals surface area contributed by atoms with Crippen molar-refractivity contribution in [3.05, 3.63) is 58.2 Å². The van der Waals surface area contributed by atoms with Crippen molar-refractivity contribution >= 4 is 17.4 Å². The first kappa shape index (κ1) is 14.8. The molecule has 1 heterocycles. The molecular formula is C16H20ClN3. The average molecular weight is 290 g/mol. The highest BCUT2D eigenvalue weighted by Crippen LogP contribution is 2.20. The molecule has 0 spiro atoms. The summed E-state index contributed by atoms with van der Waals surface area (Å²) in [4.78, 5) is 6.73. The first-order valence-electron chi connectivity index (χ1n) is 6.67. The van der Waals surface area contributed by atoms with Gasteiger partial charge in [-0.05, 0) is 31.7 Å². The predicted molar refractivity (Wildman–Crippen MR) is 85.3 cm³/mol. The molecule has 2 aromatic rings. The van der Waals surface area contributed by atoms with E-state index in [1.807, 2.05) is 26.2 Å². The van der Waals surface area contributed by atoms with Crippen molar-refractivity contribution in [2.45, 2.75) is 20.0 Å². The molecule has 1 aromatic heterocycles. The monoisotopic (exact) mass is 289 g/mol. The molecule has 1 N–H and O–H groups in total. The van der Waals surface area contributed by atoms with Gasteiger partial charge in [-0.2, -0.15) is 0 Å². The summed E-state index contributed by atoms with van der Waals surface area (Å²) >= 11 is 6.14. The van der Waals surface area contributed by atoms with Gasteiger partial charge in [-0.3, -0.25) is 0 Å². The molecule has 0 saturated heterocycles. The second-order valence-corrected chi connectivity index (χ2v) is 5.38. The zero-order valence-electron chi connectivity index (χ0n) is 12.2. The van der Waals surface area contributed by atoms with Crippen LogP contribution in [0.15, 0.2) is 36.4 Å². The summed E-state index contributed by atoms with van der Waals surface area (Å²) in [7, 11) is 3.93. The SMILES string of the molecule is CNCc1nc(N(C)Cc2ccc(C)cc2)ccc1Cl. The molecule has 2 rings (SSSR count). The number of aryl methyl sites for hydroxylation is 1. The highest BCUT2D eigenvalue weighted by atomic mass is 35.5. The largest absolute Gasteiger partial charge is 0.355 e. The minimum Gasteiger partial charge on any atom is -0.355 e. The van der Waals surface area contributed by atoms with Crippen LogP contribution in [0, 0.1) is 6.92 Å². The molecule has 0 aliphatic rings. The van der Waals surface area contributed by atoms with Gasteiger partial charge in [0.25, 0.3) is 0 Å². The van der Waals surface area contributed by atoms with Crippen LogP contribution in [-0.2, 0) is 13.1 Å². The van der Waals surface area contributed by atoms with Crippen LogP contribution < -0.4 is 10.2 Å². The number of hydrogen-bond acceptors (Lipinski definition) is 3. The zero-order valence-corrected chi connectivity index (χ0v) is 12.9. The number of nitrogens with zero attached hydrogens (tertiary/aromatic N) is 2. The number of aromatic nitrogens is 1. The van der Waals surface area contributed by atoms with Crippen LogP contribution in [0.4, 0.5) is 5.82 Å². The normalized spacial score (nSPS) is 10.6. The van der Waals surface area contributed by atoms with E-state index in [1.165, 1.54) is 11.1 Å². The smallest absolute Gasteiger partial charge is 0.129 e. The fourth-order valence-electron chi connectivity index (χ4n) is 2.03. The maximum absolute atomic E-state index is 6.14. The molecule has 0 radical (unpaired) electrons. The molecule has 0 amide bonds. The Balaban J connectivity index is 2.14. The number of halogens is 1. The topological polar surface area (TPSA) is 28.2 Å². The van der Waals surface area contributed by atoms with Crippen molar-refractivity contribution in [2.24, 2.45) is 0 Å². The third-order valence-corrected chi connectivity index (χ3v) is 3.52. The van der Waals surface area contributed by atoms with Gasteiger partial charge in [0.2, 0.25) is 0 Å². The molecule has 0 fully saturated rings. The summed E-state index contributed by atoms with van der Waals surface area (Å²) in [6.07, 6.45) is 0. The average Bonchev–Trinajstić information content (AvgIpc) is 2.44. The Bertz CT molecular complexity index is 566. The van der Waals surface area contributed by atoms with Gasteiger partial charge in [0, 0.05) is 20.1 Å². The molecule has 0 bridgehead atoms. The van der Waals surface area contributed by atoms with Crippen LogP contribution in [0.5, 0.6) is 0 Å². The maximum Gasteiger partial charge on any atom is 0.129 e. The molecule has 106 valence electrons. The Morgan fingerprint density at radius 1 is 1.15 bits per heavy atom. The van der Waals surface area contributed by atoms with Crippen LogP contribution in [0.1, 0.15) is 16.8 Å². The van der Waals surface area contributed by atoms with Crippen LogP contribution in [0.2, 0.25) is 5.02 Å². The number of rotatable bonds is 5. The number of nitrogens with one attached hydrogen (secondary N) is 1. The van der Waals surface area contributed by atoms with Gasteiger partial charge < -0.3 is 10.2 Å². The minimum atomic E-state index is 0.672. The van der Waals surface area contributed by atoms with Gasteiger partial charge in [0.05, 0.1) is 10.7 Å². The van der Waals surface area contributed by atoms with Gasteiger partial charge in [-0.1, -0.05) is 41.4 Å². The lowest BCUT2D eigenvalue weighted by molar-refractivity contribution is 0.783. The number of pyridine rings is 1. The van der Waals surface area contributed by atoms with Crippen molar-refractivity contribution < 1.29 is 0 Å². The lowest BCUT2D eigenvalue weighted by atomic mass is 10.1. The minimum absolute atomic E-state index is 0.672. The number of anilines is 1. The molecule has 0 unspecified atom stereocenters.